The fourth-order valence-corrected chi connectivity index (χ4v) is 11.8. The first-order valence-corrected chi connectivity index (χ1v) is 32.5. The number of anilines is 3. The minimum atomic E-state index is -0.690. The van der Waals surface area contributed by atoms with Gasteiger partial charge in [0, 0.05) is 87.7 Å². The van der Waals surface area contributed by atoms with Crippen molar-refractivity contribution in [2.45, 2.75) is 83.2 Å². The number of piperidine rings is 2. The third-order valence-corrected chi connectivity index (χ3v) is 16.9. The number of carbonyl (C=O) groups is 8. The standard InChI is InChI=1S/C66H86FN15O14/c1-43(2)62-61-49(8-5-9-52(61)81(76-62)42-57(85)70-39-56(84)71-40-60(88)91-4)50-36-53-46(35-51(50)67)37-73-82(53)59(87)15-14-55(83)69-19-26-93-28-30-95-32-34-96-33-31-94-29-27-92-25-18-58(86)78-21-16-45(17-22-78)44-10-12-47(13-11-44)74-65-63(64(68)89)72-38-54(75-65)79-20-6-7-48(41-79)80-24-23-77(3)66(80)90/h5,8-13,35-38,43,45,48H,6-7,14-34,39-42H2,1-4H3,(H2,68,89)(H,69,83)(H,70,85)(H,71,84)(H,74,75)/t48-/m1/s1. The molecule has 6 N–H and O–H groups in total. The van der Waals surface area contributed by atoms with Crippen molar-refractivity contribution in [1.29, 1.82) is 0 Å². The van der Waals surface area contributed by atoms with Gasteiger partial charge in [-0.1, -0.05) is 38.1 Å². The fraction of sp³-hybridized carbons (Fsp3) is 0.515. The molecule has 6 aromatic rings. The van der Waals surface area contributed by atoms with E-state index in [2.05, 4.69) is 53.1 Å². The van der Waals surface area contributed by atoms with E-state index in [1.165, 1.54) is 30.1 Å². The van der Waals surface area contributed by atoms with E-state index in [1.54, 1.807) is 29.3 Å². The molecule has 1 atom stereocenters. The third-order valence-electron chi connectivity index (χ3n) is 16.9. The minimum Gasteiger partial charge on any atom is -0.468 e. The molecule has 29 nitrogen and oxygen atoms in total. The number of rotatable bonds is 35. The predicted octanol–water partition coefficient (Wildman–Crippen LogP) is 4.11. The molecule has 516 valence electrons. The summed E-state index contributed by atoms with van der Waals surface area (Å²) in [4.78, 5) is 118. The number of hydrogen-bond donors (Lipinski definition) is 5. The summed E-state index contributed by atoms with van der Waals surface area (Å²) in [5, 5.41) is 20.8. The number of likely N-dealkylation sites (N-methyl/N-ethyl adjacent to an activating group) is 1. The maximum Gasteiger partial charge on any atom is 0.325 e. The number of hydrogen-bond acceptors (Lipinski definition) is 20. The van der Waals surface area contributed by atoms with Gasteiger partial charge in [-0.15, -0.1) is 0 Å². The molecule has 3 saturated heterocycles. The molecular weight excluding hydrogens is 1250 g/mol. The van der Waals surface area contributed by atoms with Crippen LogP contribution in [0.3, 0.4) is 0 Å². The number of ether oxygens (including phenoxy) is 6. The van der Waals surface area contributed by atoms with Crippen LogP contribution in [0.2, 0.25) is 0 Å². The molecular formula is C66H86FN15O14. The maximum atomic E-state index is 16.0. The van der Waals surface area contributed by atoms with E-state index in [0.717, 1.165) is 48.2 Å². The number of aromatic nitrogens is 6. The molecule has 0 aliphatic carbocycles. The van der Waals surface area contributed by atoms with Crippen molar-refractivity contribution in [2.75, 3.05) is 149 Å². The second-order valence-corrected chi connectivity index (χ2v) is 23.9. The molecule has 3 aromatic carbocycles. The van der Waals surface area contributed by atoms with Crippen LogP contribution >= 0.6 is 0 Å². The van der Waals surface area contributed by atoms with Crippen LogP contribution in [0.1, 0.15) is 97.2 Å². The Morgan fingerprint density at radius 1 is 0.708 bits per heavy atom. The minimum absolute atomic E-state index is 0.0403. The summed E-state index contributed by atoms with van der Waals surface area (Å²) in [5.41, 5.74) is 9.77. The predicted molar refractivity (Wildman–Crippen MR) is 351 cm³/mol. The monoisotopic (exact) mass is 1330 g/mol. The van der Waals surface area contributed by atoms with Crippen molar-refractivity contribution in [3.8, 4) is 11.1 Å². The van der Waals surface area contributed by atoms with Gasteiger partial charge in [0.1, 0.15) is 24.7 Å². The molecule has 0 radical (unpaired) electrons. The van der Waals surface area contributed by atoms with Crippen molar-refractivity contribution in [1.82, 2.24) is 60.2 Å². The Bertz CT molecular complexity index is 3690. The van der Waals surface area contributed by atoms with E-state index < -0.39 is 35.4 Å². The van der Waals surface area contributed by atoms with Gasteiger partial charge in [0.15, 0.2) is 11.5 Å². The highest BCUT2D eigenvalue weighted by Crippen LogP contribution is 2.38. The molecule has 30 heteroatoms. The first-order valence-electron chi connectivity index (χ1n) is 32.5. The molecule has 3 fully saturated rings. The largest absolute Gasteiger partial charge is 0.468 e. The van der Waals surface area contributed by atoms with Crippen molar-refractivity contribution in [3.63, 3.8) is 0 Å². The topological polar surface area (TPSA) is 340 Å². The fourth-order valence-electron chi connectivity index (χ4n) is 11.8. The lowest BCUT2D eigenvalue weighted by Crippen LogP contribution is -2.49. The summed E-state index contributed by atoms with van der Waals surface area (Å²) < 4.78 is 51.1. The molecule has 7 amide bonds. The van der Waals surface area contributed by atoms with Crippen molar-refractivity contribution in [2.24, 2.45) is 5.73 Å². The smallest absolute Gasteiger partial charge is 0.325 e. The number of esters is 1. The second kappa shape index (κ2) is 35.0. The van der Waals surface area contributed by atoms with E-state index in [0.29, 0.717) is 131 Å². The summed E-state index contributed by atoms with van der Waals surface area (Å²) in [6.45, 7) is 10.5. The first kappa shape index (κ1) is 71.1. The number of primary amides is 1. The Hall–Kier alpha value is -9.23. The van der Waals surface area contributed by atoms with Crippen LogP contribution in [0.5, 0.6) is 0 Å². The van der Waals surface area contributed by atoms with Crippen LogP contribution in [0.15, 0.2) is 67.0 Å². The highest BCUT2D eigenvalue weighted by atomic mass is 19.1. The van der Waals surface area contributed by atoms with Crippen LogP contribution in [-0.4, -0.2) is 237 Å². The number of nitrogens with one attached hydrogen (secondary N) is 4. The van der Waals surface area contributed by atoms with E-state index in [1.807, 2.05) is 42.8 Å². The van der Waals surface area contributed by atoms with Gasteiger partial charge in [-0.3, -0.25) is 38.2 Å². The molecule has 3 aromatic heterocycles. The van der Waals surface area contributed by atoms with Gasteiger partial charge in [-0.2, -0.15) is 10.2 Å². The lowest BCUT2D eigenvalue weighted by Gasteiger charge is -2.37. The maximum absolute atomic E-state index is 16.0. The van der Waals surface area contributed by atoms with E-state index in [-0.39, 0.29) is 105 Å². The number of nitrogens with two attached hydrogens (primary N) is 1. The van der Waals surface area contributed by atoms with Gasteiger partial charge >= 0.3 is 12.0 Å². The number of fused-ring (bicyclic) bond motifs is 2. The quantitative estimate of drug-likeness (QED) is 0.0276. The average molecular weight is 1330 g/mol. The highest BCUT2D eigenvalue weighted by Gasteiger charge is 2.35. The Labute approximate surface area is 555 Å². The molecule has 3 aliphatic heterocycles. The Balaban J connectivity index is 0.579. The van der Waals surface area contributed by atoms with Crippen LogP contribution < -0.4 is 31.9 Å². The first-order chi connectivity index (χ1) is 46.5. The molecule has 0 saturated carbocycles. The van der Waals surface area contributed by atoms with Crippen molar-refractivity contribution >= 4 is 86.6 Å². The van der Waals surface area contributed by atoms with E-state index >= 15 is 4.39 Å². The zero-order valence-corrected chi connectivity index (χ0v) is 54.8. The number of urea groups is 1. The van der Waals surface area contributed by atoms with Crippen molar-refractivity contribution < 1.29 is 71.2 Å². The van der Waals surface area contributed by atoms with Gasteiger partial charge in [0.25, 0.3) is 5.91 Å². The van der Waals surface area contributed by atoms with E-state index in [4.69, 9.17) is 39.5 Å². The molecule has 0 spiro atoms. The summed E-state index contributed by atoms with van der Waals surface area (Å²) in [6, 6.07) is 16.1. The number of amides is 7. The SMILES string of the molecule is COC(=O)CNC(=O)CNC(=O)Cn1nc(C(C)C)c2c(-c3cc4c(cnn4C(=O)CCC(=O)NCCOCCOCCOCCOCCOCCC(=O)N4CCC(c5ccc(Nc6nc(N7CCC[C@@H](N8CCN(C)C8=O)C7)cnc6C(N)=O)cc5)CC4)cc3F)cccc21. The molecule has 96 heavy (non-hydrogen) atoms. The van der Waals surface area contributed by atoms with Crippen LogP contribution in [0.25, 0.3) is 32.9 Å². The zero-order valence-electron chi connectivity index (χ0n) is 54.8. The number of methoxy groups -OCH3 is 1. The van der Waals surface area contributed by atoms with Crippen molar-refractivity contribution in [3.05, 3.63) is 89.8 Å². The number of nitrogens with zero attached hydrogens (tertiary/aromatic N) is 10. The van der Waals surface area contributed by atoms with Crippen LogP contribution in [0, 0.1) is 5.82 Å². The Morgan fingerprint density at radius 3 is 2.06 bits per heavy atom. The zero-order chi connectivity index (χ0) is 68.1. The lowest BCUT2D eigenvalue weighted by molar-refractivity contribution is -0.141. The van der Waals surface area contributed by atoms with Crippen LogP contribution in [0.4, 0.5) is 26.5 Å². The Kier molecular flexibility index (Phi) is 25.9. The number of benzene rings is 3. The summed E-state index contributed by atoms with van der Waals surface area (Å²) >= 11 is 0. The molecule has 0 unspecified atom stereocenters. The average Bonchev–Trinajstić information content (AvgIpc) is 1.56. The van der Waals surface area contributed by atoms with E-state index in [9.17, 15) is 38.4 Å². The molecule has 0 bridgehead atoms. The van der Waals surface area contributed by atoms with Gasteiger partial charge in [0.2, 0.25) is 29.5 Å². The second-order valence-electron chi connectivity index (χ2n) is 23.9. The normalized spacial score (nSPS) is 15.2. The lowest BCUT2D eigenvalue weighted by atomic mass is 9.89. The molecule has 6 heterocycles. The van der Waals surface area contributed by atoms with Gasteiger partial charge in [0.05, 0.1) is 121 Å². The summed E-state index contributed by atoms with van der Waals surface area (Å²) in [5.74, 6) is -2.74. The number of likely N-dealkylation sites (tertiary alicyclic amines) is 1. The number of carbonyl (C=O) groups excluding carboxylic acids is 8. The third kappa shape index (κ3) is 19.3. The summed E-state index contributed by atoms with van der Waals surface area (Å²) in [7, 11) is 3.01. The summed E-state index contributed by atoms with van der Waals surface area (Å²) in [6.07, 6.45) is 6.42. The van der Waals surface area contributed by atoms with Gasteiger partial charge in [-0.25, -0.2) is 23.8 Å². The number of halogens is 1. The molecule has 9 rings (SSSR count). The highest BCUT2D eigenvalue weighted by molar-refractivity contribution is 6.01. The molecule has 3 aliphatic rings. The van der Waals surface area contributed by atoms with Gasteiger partial charge in [-0.05, 0) is 79.0 Å². The Morgan fingerprint density at radius 2 is 1.40 bits per heavy atom. The van der Waals surface area contributed by atoms with Gasteiger partial charge < -0.3 is 75.0 Å². The van der Waals surface area contributed by atoms with Crippen LogP contribution in [-0.2, 0) is 58.9 Å².